The van der Waals surface area contributed by atoms with Crippen LogP contribution in [0.15, 0.2) is 21.7 Å². The van der Waals surface area contributed by atoms with E-state index >= 15 is 0 Å². The SMILES string of the molecule is CCC1OC(=O)/C=C/C(=O)Oc2nc3c(c(=O)n(CCCCC(C)(O)C#CCN(C)C)c(=O)n3CC)n21. The lowest BCUT2D eigenvalue weighted by Gasteiger charge is -2.19. The molecule has 0 bridgehead atoms. The lowest BCUT2D eigenvalue weighted by Crippen LogP contribution is -2.40. The summed E-state index contributed by atoms with van der Waals surface area (Å²) in [6, 6.07) is -0.241. The molecule has 3 rings (SSSR count). The van der Waals surface area contributed by atoms with Gasteiger partial charge in [0.1, 0.15) is 5.60 Å². The number of aromatic nitrogens is 4. The molecule has 2 aromatic rings. The van der Waals surface area contributed by atoms with Crippen molar-refractivity contribution in [1.82, 2.24) is 23.6 Å². The summed E-state index contributed by atoms with van der Waals surface area (Å²) in [5, 5.41) is 10.5. The molecule has 0 spiro atoms. The Bertz CT molecular complexity index is 1380. The number of hydrogen-bond acceptors (Lipinski definition) is 9. The van der Waals surface area contributed by atoms with Crippen molar-refractivity contribution in [2.75, 3.05) is 20.6 Å². The Morgan fingerprint density at radius 3 is 2.46 bits per heavy atom. The van der Waals surface area contributed by atoms with E-state index < -0.39 is 35.0 Å². The zero-order valence-electron chi connectivity index (χ0n) is 21.8. The third kappa shape index (κ3) is 6.36. The van der Waals surface area contributed by atoms with Crippen LogP contribution in [0.25, 0.3) is 11.2 Å². The average molecular weight is 516 g/mol. The molecule has 3 heterocycles. The molecule has 37 heavy (non-hydrogen) atoms. The van der Waals surface area contributed by atoms with E-state index in [4.69, 9.17) is 9.47 Å². The second-order valence-corrected chi connectivity index (χ2v) is 9.24. The van der Waals surface area contributed by atoms with E-state index in [9.17, 15) is 24.3 Å². The third-order valence-electron chi connectivity index (χ3n) is 5.83. The predicted molar refractivity (Wildman–Crippen MR) is 135 cm³/mol. The van der Waals surface area contributed by atoms with Gasteiger partial charge in [-0.25, -0.2) is 19.0 Å². The minimum atomic E-state index is -1.19. The lowest BCUT2D eigenvalue weighted by atomic mass is 9.99. The van der Waals surface area contributed by atoms with Crippen LogP contribution >= 0.6 is 0 Å². The molecule has 1 N–H and O–H groups in total. The Morgan fingerprint density at radius 2 is 1.81 bits per heavy atom. The predicted octanol–water partition coefficient (Wildman–Crippen LogP) is 0.793. The van der Waals surface area contributed by atoms with Gasteiger partial charge in [-0.15, -0.1) is 0 Å². The van der Waals surface area contributed by atoms with E-state index in [0.29, 0.717) is 25.8 Å². The van der Waals surface area contributed by atoms with Crippen LogP contribution < -0.4 is 16.0 Å². The fraction of sp³-hybridized carbons (Fsp3) is 0.560. The lowest BCUT2D eigenvalue weighted by molar-refractivity contribution is -0.147. The van der Waals surface area contributed by atoms with Crippen molar-refractivity contribution < 1.29 is 24.2 Å². The Labute approximate surface area is 214 Å². The van der Waals surface area contributed by atoms with Gasteiger partial charge in [0.2, 0.25) is 0 Å². The summed E-state index contributed by atoms with van der Waals surface area (Å²) in [7, 11) is 3.77. The number of unbranched alkanes of at least 4 members (excludes halogenated alkanes) is 1. The number of esters is 2. The quantitative estimate of drug-likeness (QED) is 0.307. The molecule has 1 aliphatic heterocycles. The minimum absolute atomic E-state index is 0.00708. The van der Waals surface area contributed by atoms with Crippen molar-refractivity contribution in [2.24, 2.45) is 0 Å². The molecule has 12 nitrogen and oxygen atoms in total. The summed E-state index contributed by atoms with van der Waals surface area (Å²) >= 11 is 0. The molecule has 0 radical (unpaired) electrons. The maximum absolute atomic E-state index is 13.6. The molecule has 200 valence electrons. The monoisotopic (exact) mass is 515 g/mol. The molecular weight excluding hydrogens is 482 g/mol. The maximum atomic E-state index is 13.6. The van der Waals surface area contributed by atoms with E-state index in [1.807, 2.05) is 19.0 Å². The molecule has 2 atom stereocenters. The molecule has 0 saturated heterocycles. The highest BCUT2D eigenvalue weighted by Gasteiger charge is 2.29. The zero-order valence-corrected chi connectivity index (χ0v) is 21.8. The number of aliphatic hydroxyl groups is 1. The van der Waals surface area contributed by atoms with E-state index in [-0.39, 0.29) is 36.7 Å². The van der Waals surface area contributed by atoms with Crippen LogP contribution in [0.3, 0.4) is 0 Å². The van der Waals surface area contributed by atoms with Crippen molar-refractivity contribution in [3.05, 3.63) is 33.0 Å². The average Bonchev–Trinajstić information content (AvgIpc) is 3.20. The highest BCUT2D eigenvalue weighted by atomic mass is 16.6. The first-order valence-electron chi connectivity index (χ1n) is 12.2. The highest BCUT2D eigenvalue weighted by Crippen LogP contribution is 2.27. The second kappa shape index (κ2) is 11.6. The van der Waals surface area contributed by atoms with Crippen LogP contribution in [0.2, 0.25) is 0 Å². The van der Waals surface area contributed by atoms with Crippen molar-refractivity contribution in [2.45, 2.75) is 71.4 Å². The number of cyclic esters (lactones) is 1. The maximum Gasteiger partial charge on any atom is 0.338 e. The largest absolute Gasteiger partial charge is 0.438 e. The van der Waals surface area contributed by atoms with Gasteiger partial charge in [-0.1, -0.05) is 18.8 Å². The van der Waals surface area contributed by atoms with Crippen molar-refractivity contribution >= 4 is 23.1 Å². The van der Waals surface area contributed by atoms with Crippen LogP contribution in [0.4, 0.5) is 0 Å². The first-order valence-corrected chi connectivity index (χ1v) is 12.2. The molecule has 0 aliphatic carbocycles. The van der Waals surface area contributed by atoms with Crippen molar-refractivity contribution in [1.29, 1.82) is 0 Å². The minimum Gasteiger partial charge on any atom is -0.438 e. The summed E-state index contributed by atoms with van der Waals surface area (Å²) in [6.45, 7) is 5.91. The molecule has 0 aromatic carbocycles. The molecule has 0 fully saturated rings. The zero-order chi connectivity index (χ0) is 27.3. The van der Waals surface area contributed by atoms with E-state index in [1.165, 1.54) is 9.13 Å². The summed E-state index contributed by atoms with van der Waals surface area (Å²) < 4.78 is 14.4. The van der Waals surface area contributed by atoms with Gasteiger partial charge < -0.3 is 14.6 Å². The number of ether oxygens (including phenoxy) is 2. The number of imidazole rings is 1. The first kappa shape index (κ1) is 27.9. The third-order valence-corrected chi connectivity index (χ3v) is 5.83. The van der Waals surface area contributed by atoms with Crippen LogP contribution in [0, 0.1) is 11.8 Å². The van der Waals surface area contributed by atoms with Gasteiger partial charge in [-0.05, 0) is 47.2 Å². The molecule has 12 heteroatoms. The van der Waals surface area contributed by atoms with Gasteiger partial charge in [0.15, 0.2) is 17.4 Å². The molecular formula is C25H33N5O7. The van der Waals surface area contributed by atoms with Gasteiger partial charge in [-0.2, -0.15) is 4.98 Å². The highest BCUT2D eigenvalue weighted by molar-refractivity contribution is 5.93. The summed E-state index contributed by atoms with van der Waals surface area (Å²) in [4.78, 5) is 57.2. The van der Waals surface area contributed by atoms with Crippen molar-refractivity contribution in [3.63, 3.8) is 0 Å². The Hall–Kier alpha value is -3.69. The number of carbonyl (C=O) groups is 2. The topological polar surface area (TPSA) is 138 Å². The summed E-state index contributed by atoms with van der Waals surface area (Å²) in [6.07, 6.45) is 2.44. The standard InChI is InChI=1S/C25H33N5O7/c1-6-17-30-20-21(26-23(30)37-19(32)12-11-18(31)36-17)28(7-2)24(34)29(22(20)33)16-9-8-13-25(3,35)14-10-15-27(4)5/h11-12,17,35H,6-9,13,15-16H2,1-5H3/b12-11+. The van der Waals surface area contributed by atoms with Gasteiger partial charge in [-0.3, -0.25) is 18.8 Å². The molecule has 0 amide bonds. The second-order valence-electron chi connectivity index (χ2n) is 9.24. The van der Waals surface area contributed by atoms with Crippen LogP contribution in [-0.2, 0) is 27.4 Å². The van der Waals surface area contributed by atoms with E-state index in [2.05, 4.69) is 16.8 Å². The number of aryl methyl sites for hydroxylation is 1. The molecule has 0 saturated carbocycles. The van der Waals surface area contributed by atoms with Gasteiger partial charge in [0, 0.05) is 31.7 Å². The molecule has 2 unspecified atom stereocenters. The smallest absolute Gasteiger partial charge is 0.338 e. The Morgan fingerprint density at radius 1 is 1.11 bits per heavy atom. The van der Waals surface area contributed by atoms with Crippen LogP contribution in [-0.4, -0.2) is 66.9 Å². The van der Waals surface area contributed by atoms with E-state index in [0.717, 1.165) is 16.7 Å². The van der Waals surface area contributed by atoms with Crippen LogP contribution in [0.1, 0.15) is 52.7 Å². The normalized spacial score (nSPS) is 18.1. The fourth-order valence-electron chi connectivity index (χ4n) is 4.00. The summed E-state index contributed by atoms with van der Waals surface area (Å²) in [5.41, 5.74) is -2.36. The Kier molecular flexibility index (Phi) is 8.73. The number of hydrogen-bond donors (Lipinski definition) is 1. The van der Waals surface area contributed by atoms with Gasteiger partial charge >= 0.3 is 23.6 Å². The molecule has 1 aliphatic rings. The van der Waals surface area contributed by atoms with E-state index in [1.54, 1.807) is 20.8 Å². The first-order chi connectivity index (χ1) is 17.5. The van der Waals surface area contributed by atoms with Gasteiger partial charge in [0.25, 0.3) is 5.56 Å². The number of nitrogens with zero attached hydrogens (tertiary/aromatic N) is 5. The summed E-state index contributed by atoms with van der Waals surface area (Å²) in [5.74, 6) is 4.14. The van der Waals surface area contributed by atoms with Crippen LogP contribution in [0.5, 0.6) is 6.01 Å². The number of fused-ring (bicyclic) bond motifs is 3. The fourth-order valence-corrected chi connectivity index (χ4v) is 4.00. The van der Waals surface area contributed by atoms with Crippen molar-refractivity contribution in [3.8, 4) is 17.9 Å². The molecule has 2 aromatic heterocycles. The number of carbonyl (C=O) groups excluding carboxylic acids is 2. The number of rotatable bonds is 8. The van der Waals surface area contributed by atoms with Gasteiger partial charge in [0.05, 0.1) is 6.54 Å². The Balaban J connectivity index is 1.98.